The number of rotatable bonds is 5. The summed E-state index contributed by atoms with van der Waals surface area (Å²) < 4.78 is 5.00. The molecule has 0 aromatic heterocycles. The van der Waals surface area contributed by atoms with Crippen molar-refractivity contribution in [2.45, 2.75) is 33.7 Å². The molecule has 0 aliphatic heterocycles. The number of amides is 1. The molecule has 0 aliphatic rings. The van der Waals surface area contributed by atoms with Crippen molar-refractivity contribution >= 4 is 17.6 Å². The smallest absolute Gasteiger partial charge is 0.341 e. The van der Waals surface area contributed by atoms with Crippen LogP contribution in [0, 0.1) is 12.8 Å². The molecule has 20 heavy (non-hydrogen) atoms. The molecule has 1 amide bonds. The van der Waals surface area contributed by atoms with E-state index in [1.807, 2.05) is 20.8 Å². The maximum atomic E-state index is 11.9. The minimum absolute atomic E-state index is 0.0322. The third-order valence-electron chi connectivity index (χ3n) is 3.23. The van der Waals surface area contributed by atoms with Crippen molar-refractivity contribution in [3.63, 3.8) is 0 Å². The molecule has 1 aromatic rings. The molecule has 1 aromatic carbocycles. The molecule has 0 saturated carbocycles. The predicted molar refractivity (Wildman–Crippen MR) is 78.3 cm³/mol. The first-order valence-corrected chi connectivity index (χ1v) is 6.64. The summed E-state index contributed by atoms with van der Waals surface area (Å²) in [7, 11) is 0. The van der Waals surface area contributed by atoms with E-state index in [4.69, 9.17) is 10.5 Å². The van der Waals surface area contributed by atoms with Gasteiger partial charge in [0, 0.05) is 11.7 Å². The Hall–Kier alpha value is -2.04. The maximum Gasteiger partial charge on any atom is 0.341 e. The number of nitrogen functional groups attached to an aromatic ring is 1. The van der Waals surface area contributed by atoms with Crippen LogP contribution in [0.3, 0.4) is 0 Å². The van der Waals surface area contributed by atoms with Gasteiger partial charge in [-0.15, -0.1) is 0 Å². The summed E-state index contributed by atoms with van der Waals surface area (Å²) in [5.41, 5.74) is 7.15. The lowest BCUT2D eigenvalue weighted by molar-refractivity contribution is -0.125. The van der Waals surface area contributed by atoms with E-state index in [0.29, 0.717) is 17.2 Å². The van der Waals surface area contributed by atoms with Crippen LogP contribution in [0.15, 0.2) is 18.2 Å². The topological polar surface area (TPSA) is 81.4 Å². The highest BCUT2D eigenvalue weighted by Gasteiger charge is 2.17. The molecule has 0 heterocycles. The molecule has 1 atom stereocenters. The number of nitrogens with one attached hydrogen (secondary N) is 1. The Bertz CT molecular complexity index is 478. The average molecular weight is 278 g/mol. The molecule has 110 valence electrons. The maximum absolute atomic E-state index is 11.9. The van der Waals surface area contributed by atoms with Crippen molar-refractivity contribution in [3.05, 3.63) is 29.3 Å². The van der Waals surface area contributed by atoms with E-state index in [9.17, 15) is 9.59 Å². The molecular formula is C15H22N2O3. The summed E-state index contributed by atoms with van der Waals surface area (Å²) in [4.78, 5) is 23.6. The number of hydrogen-bond donors (Lipinski definition) is 2. The third-order valence-corrected chi connectivity index (χ3v) is 3.23. The number of ether oxygens (including phenoxy) is 1. The predicted octanol–water partition coefficient (Wildman–Crippen LogP) is 1.89. The first kappa shape index (κ1) is 16.0. The van der Waals surface area contributed by atoms with Crippen LogP contribution < -0.4 is 11.1 Å². The van der Waals surface area contributed by atoms with Gasteiger partial charge >= 0.3 is 5.97 Å². The molecule has 0 bridgehead atoms. The van der Waals surface area contributed by atoms with Gasteiger partial charge in [0.05, 0.1) is 5.56 Å². The molecule has 5 heteroatoms. The van der Waals surface area contributed by atoms with Crippen LogP contribution in [0.2, 0.25) is 0 Å². The van der Waals surface area contributed by atoms with Gasteiger partial charge in [0.1, 0.15) is 0 Å². The van der Waals surface area contributed by atoms with E-state index in [0.717, 1.165) is 5.56 Å². The minimum atomic E-state index is -0.576. The lowest BCUT2D eigenvalue weighted by atomic mass is 10.1. The quantitative estimate of drug-likeness (QED) is 0.636. The van der Waals surface area contributed by atoms with Crippen LogP contribution in [0.25, 0.3) is 0 Å². The van der Waals surface area contributed by atoms with Gasteiger partial charge in [0.15, 0.2) is 6.61 Å². The van der Waals surface area contributed by atoms with E-state index in [2.05, 4.69) is 5.32 Å². The molecule has 0 aliphatic carbocycles. The molecule has 0 radical (unpaired) electrons. The van der Waals surface area contributed by atoms with Crippen LogP contribution in [0.4, 0.5) is 5.69 Å². The SMILES string of the molecule is Cc1cccc(N)c1C(=O)OCC(=O)NC(C)C(C)C. The highest BCUT2D eigenvalue weighted by atomic mass is 16.5. The molecule has 0 saturated heterocycles. The Balaban J connectivity index is 2.58. The van der Waals surface area contributed by atoms with E-state index < -0.39 is 5.97 Å². The number of anilines is 1. The van der Waals surface area contributed by atoms with Crippen LogP contribution >= 0.6 is 0 Å². The fraction of sp³-hybridized carbons (Fsp3) is 0.467. The van der Waals surface area contributed by atoms with E-state index in [1.54, 1.807) is 25.1 Å². The van der Waals surface area contributed by atoms with Gasteiger partial charge in [-0.2, -0.15) is 0 Å². The van der Waals surface area contributed by atoms with Gasteiger partial charge < -0.3 is 15.8 Å². The summed E-state index contributed by atoms with van der Waals surface area (Å²) in [5.74, 6) is -0.568. The number of aryl methyl sites for hydroxylation is 1. The third kappa shape index (κ3) is 4.26. The van der Waals surface area contributed by atoms with Crippen molar-refractivity contribution in [2.24, 2.45) is 5.92 Å². The Labute approximate surface area is 119 Å². The summed E-state index contributed by atoms with van der Waals surface area (Å²) in [6.07, 6.45) is 0. The summed E-state index contributed by atoms with van der Waals surface area (Å²) >= 11 is 0. The molecule has 5 nitrogen and oxygen atoms in total. The fourth-order valence-corrected chi connectivity index (χ4v) is 1.63. The Morgan fingerprint density at radius 2 is 1.95 bits per heavy atom. The lowest BCUT2D eigenvalue weighted by Crippen LogP contribution is -2.38. The van der Waals surface area contributed by atoms with Crippen LogP contribution in [0.5, 0.6) is 0 Å². The van der Waals surface area contributed by atoms with Gasteiger partial charge in [-0.1, -0.05) is 26.0 Å². The zero-order valence-corrected chi connectivity index (χ0v) is 12.4. The summed E-state index contributed by atoms with van der Waals surface area (Å²) in [5, 5.41) is 2.77. The number of nitrogens with two attached hydrogens (primary N) is 1. The van der Waals surface area contributed by atoms with Crippen molar-refractivity contribution < 1.29 is 14.3 Å². The van der Waals surface area contributed by atoms with Gasteiger partial charge in [-0.05, 0) is 31.4 Å². The molecular weight excluding hydrogens is 256 g/mol. The number of hydrogen-bond acceptors (Lipinski definition) is 4. The summed E-state index contributed by atoms with van der Waals surface area (Å²) in [6, 6.07) is 5.20. The molecule has 1 rings (SSSR count). The Morgan fingerprint density at radius 3 is 2.50 bits per heavy atom. The van der Waals surface area contributed by atoms with Crippen molar-refractivity contribution in [2.75, 3.05) is 12.3 Å². The van der Waals surface area contributed by atoms with Gasteiger partial charge in [0.2, 0.25) is 0 Å². The second-order valence-corrected chi connectivity index (χ2v) is 5.22. The Morgan fingerprint density at radius 1 is 1.30 bits per heavy atom. The van der Waals surface area contributed by atoms with E-state index in [-0.39, 0.29) is 18.6 Å². The van der Waals surface area contributed by atoms with Crippen molar-refractivity contribution in [1.82, 2.24) is 5.32 Å². The van der Waals surface area contributed by atoms with Crippen molar-refractivity contribution in [1.29, 1.82) is 0 Å². The van der Waals surface area contributed by atoms with Gasteiger partial charge in [-0.3, -0.25) is 4.79 Å². The number of esters is 1. The van der Waals surface area contributed by atoms with Crippen LogP contribution in [-0.2, 0) is 9.53 Å². The highest BCUT2D eigenvalue weighted by molar-refractivity contribution is 5.97. The van der Waals surface area contributed by atoms with Crippen LogP contribution in [0.1, 0.15) is 36.7 Å². The highest BCUT2D eigenvalue weighted by Crippen LogP contribution is 2.17. The van der Waals surface area contributed by atoms with E-state index >= 15 is 0 Å². The molecule has 1 unspecified atom stereocenters. The number of benzene rings is 1. The second kappa shape index (κ2) is 6.93. The average Bonchev–Trinajstić information content (AvgIpc) is 2.36. The minimum Gasteiger partial charge on any atom is -0.452 e. The zero-order chi connectivity index (χ0) is 15.3. The first-order valence-electron chi connectivity index (χ1n) is 6.64. The standard InChI is InChI=1S/C15H22N2O3/c1-9(2)11(4)17-13(18)8-20-15(19)14-10(3)6-5-7-12(14)16/h5-7,9,11H,8,16H2,1-4H3,(H,17,18). The van der Waals surface area contributed by atoms with Crippen LogP contribution in [-0.4, -0.2) is 24.5 Å². The first-order chi connectivity index (χ1) is 9.32. The van der Waals surface area contributed by atoms with E-state index in [1.165, 1.54) is 0 Å². The summed E-state index contributed by atoms with van der Waals surface area (Å²) in [6.45, 7) is 7.39. The zero-order valence-electron chi connectivity index (χ0n) is 12.4. The largest absolute Gasteiger partial charge is 0.452 e. The molecule has 0 fully saturated rings. The normalized spacial score (nSPS) is 12.1. The molecule has 0 spiro atoms. The fourth-order valence-electron chi connectivity index (χ4n) is 1.63. The molecule has 3 N–H and O–H groups in total. The van der Waals surface area contributed by atoms with Crippen molar-refractivity contribution in [3.8, 4) is 0 Å². The second-order valence-electron chi connectivity index (χ2n) is 5.22. The lowest BCUT2D eigenvalue weighted by Gasteiger charge is -2.17. The van der Waals surface area contributed by atoms with Gasteiger partial charge in [-0.25, -0.2) is 4.79 Å². The Kier molecular flexibility index (Phi) is 5.55. The number of carbonyl (C=O) groups is 2. The monoisotopic (exact) mass is 278 g/mol. The van der Waals surface area contributed by atoms with Gasteiger partial charge in [0.25, 0.3) is 5.91 Å². The number of carbonyl (C=O) groups excluding carboxylic acids is 2.